The van der Waals surface area contributed by atoms with Crippen LogP contribution >= 0.6 is 0 Å². The molecule has 2 rings (SSSR count). The fraction of sp³-hybridized carbons (Fsp3) is 0.615. The summed E-state index contributed by atoms with van der Waals surface area (Å²) in [5.74, 6) is 1.40. The summed E-state index contributed by atoms with van der Waals surface area (Å²) in [6, 6.07) is 7.61. The van der Waals surface area contributed by atoms with Crippen molar-refractivity contribution >= 4 is 0 Å². The molecule has 30 heavy (non-hydrogen) atoms. The van der Waals surface area contributed by atoms with Crippen molar-refractivity contribution in [3.05, 3.63) is 42.2 Å². The number of rotatable bonds is 16. The van der Waals surface area contributed by atoms with Crippen LogP contribution < -0.4 is 4.74 Å². The molecular weight excluding hydrogens is 375 g/mol. The van der Waals surface area contributed by atoms with Crippen LogP contribution in [0.2, 0.25) is 0 Å². The van der Waals surface area contributed by atoms with Gasteiger partial charge in [0.2, 0.25) is 0 Å². The number of benzene rings is 1. The lowest BCUT2D eigenvalue weighted by molar-refractivity contribution is 0.184. The number of aromatic nitrogens is 2. The maximum absolute atomic E-state index is 13.9. The first kappa shape index (κ1) is 24.3. The van der Waals surface area contributed by atoms with Gasteiger partial charge in [-0.3, -0.25) is 0 Å². The van der Waals surface area contributed by atoms with Crippen molar-refractivity contribution in [3.8, 4) is 17.1 Å². The Morgan fingerprint density at radius 3 is 2.07 bits per heavy atom. The number of hydrogen-bond donors (Lipinski definition) is 0. The molecule has 0 radical (unpaired) electrons. The summed E-state index contributed by atoms with van der Waals surface area (Å²) in [5, 5.41) is 0. The molecule has 166 valence electrons. The summed E-state index contributed by atoms with van der Waals surface area (Å²) in [7, 11) is 0. The molecule has 0 fully saturated rings. The second-order valence-electron chi connectivity index (χ2n) is 8.21. The summed E-state index contributed by atoms with van der Waals surface area (Å²) >= 11 is 0. The third kappa shape index (κ3) is 9.69. The summed E-state index contributed by atoms with van der Waals surface area (Å²) < 4.78 is 19.5. The van der Waals surface area contributed by atoms with E-state index in [1.165, 1.54) is 56.9 Å². The van der Waals surface area contributed by atoms with Crippen LogP contribution in [0, 0.1) is 0 Å². The fourth-order valence-electron chi connectivity index (χ4n) is 3.51. The maximum atomic E-state index is 13.9. The van der Waals surface area contributed by atoms with Crippen LogP contribution in [-0.2, 0) is 6.42 Å². The highest BCUT2D eigenvalue weighted by Gasteiger charge is 2.08. The Hall–Kier alpha value is -1.97. The lowest BCUT2D eigenvalue weighted by Gasteiger charge is -2.11. The molecule has 0 saturated carbocycles. The first-order valence-corrected chi connectivity index (χ1v) is 11.9. The summed E-state index contributed by atoms with van der Waals surface area (Å²) in [6.07, 6.45) is 16.8. The van der Waals surface area contributed by atoms with Crippen molar-refractivity contribution in [1.82, 2.24) is 9.97 Å². The SMILES string of the molecule is CCCCCCCCc1cnc(-c2ccc(OCC(F)CCCCCC)cc2)nc1. The number of hydrogen-bond acceptors (Lipinski definition) is 3. The standard InChI is InChI=1S/C26H39FN2O/c1-3-5-7-9-10-11-13-22-19-28-26(29-20-22)23-15-17-25(18-16-23)30-21-24(27)14-12-8-6-4-2/h15-20,24H,3-14,21H2,1-2H3. The topological polar surface area (TPSA) is 35.0 Å². The van der Waals surface area contributed by atoms with Gasteiger partial charge in [-0.05, 0) is 49.1 Å². The Bertz CT molecular complexity index is 672. The van der Waals surface area contributed by atoms with Gasteiger partial charge < -0.3 is 4.74 Å². The van der Waals surface area contributed by atoms with Crippen LogP contribution in [0.5, 0.6) is 5.75 Å². The Balaban J connectivity index is 1.72. The predicted octanol–water partition coefficient (Wildman–Crippen LogP) is 7.73. The summed E-state index contributed by atoms with van der Waals surface area (Å²) in [4.78, 5) is 9.04. The zero-order valence-corrected chi connectivity index (χ0v) is 18.9. The molecule has 0 N–H and O–H groups in total. The molecule has 1 atom stereocenters. The fourth-order valence-corrected chi connectivity index (χ4v) is 3.51. The zero-order chi connectivity index (χ0) is 21.4. The molecule has 0 saturated heterocycles. The first-order valence-electron chi connectivity index (χ1n) is 11.9. The van der Waals surface area contributed by atoms with E-state index in [1.807, 2.05) is 36.7 Å². The smallest absolute Gasteiger partial charge is 0.159 e. The van der Waals surface area contributed by atoms with E-state index < -0.39 is 6.17 Å². The van der Waals surface area contributed by atoms with Crippen molar-refractivity contribution in [2.24, 2.45) is 0 Å². The molecule has 0 spiro atoms. The van der Waals surface area contributed by atoms with Gasteiger partial charge in [-0.1, -0.05) is 71.6 Å². The Labute approximate surface area is 182 Å². The van der Waals surface area contributed by atoms with E-state index in [0.29, 0.717) is 18.0 Å². The van der Waals surface area contributed by atoms with Gasteiger partial charge in [-0.15, -0.1) is 0 Å². The molecule has 1 aromatic carbocycles. The third-order valence-electron chi connectivity index (χ3n) is 5.44. The molecule has 1 unspecified atom stereocenters. The minimum absolute atomic E-state index is 0.120. The maximum Gasteiger partial charge on any atom is 0.159 e. The molecule has 0 aliphatic rings. The Kier molecular flexibility index (Phi) is 12.1. The summed E-state index contributed by atoms with van der Waals surface area (Å²) in [5.41, 5.74) is 2.15. The molecule has 0 bridgehead atoms. The van der Waals surface area contributed by atoms with Crippen LogP contribution in [-0.4, -0.2) is 22.7 Å². The van der Waals surface area contributed by atoms with E-state index in [-0.39, 0.29) is 6.61 Å². The number of alkyl halides is 1. The molecule has 0 aliphatic carbocycles. The predicted molar refractivity (Wildman–Crippen MR) is 124 cm³/mol. The molecule has 4 heteroatoms. The number of aryl methyl sites for hydroxylation is 1. The van der Waals surface area contributed by atoms with Crippen molar-refractivity contribution in [3.63, 3.8) is 0 Å². The minimum atomic E-state index is -0.899. The van der Waals surface area contributed by atoms with Gasteiger partial charge in [-0.25, -0.2) is 14.4 Å². The average molecular weight is 415 g/mol. The van der Waals surface area contributed by atoms with E-state index in [1.54, 1.807) is 0 Å². The van der Waals surface area contributed by atoms with Crippen LogP contribution in [0.15, 0.2) is 36.7 Å². The Morgan fingerprint density at radius 1 is 0.800 bits per heavy atom. The van der Waals surface area contributed by atoms with Crippen molar-refractivity contribution in [1.29, 1.82) is 0 Å². The second kappa shape index (κ2) is 14.9. The van der Waals surface area contributed by atoms with Gasteiger partial charge >= 0.3 is 0 Å². The average Bonchev–Trinajstić information content (AvgIpc) is 2.78. The highest BCUT2D eigenvalue weighted by molar-refractivity contribution is 5.55. The Morgan fingerprint density at radius 2 is 1.40 bits per heavy atom. The van der Waals surface area contributed by atoms with E-state index in [4.69, 9.17) is 4.74 Å². The largest absolute Gasteiger partial charge is 0.491 e. The third-order valence-corrected chi connectivity index (χ3v) is 5.44. The molecular formula is C26H39FN2O. The van der Waals surface area contributed by atoms with Crippen LogP contribution in [0.1, 0.15) is 90.0 Å². The van der Waals surface area contributed by atoms with Crippen LogP contribution in [0.4, 0.5) is 4.39 Å². The highest BCUT2D eigenvalue weighted by Crippen LogP contribution is 2.20. The molecule has 0 aliphatic heterocycles. The summed E-state index contributed by atoms with van der Waals surface area (Å²) in [6.45, 7) is 4.53. The van der Waals surface area contributed by atoms with E-state index in [9.17, 15) is 4.39 Å². The van der Waals surface area contributed by atoms with Crippen LogP contribution in [0.3, 0.4) is 0 Å². The van der Waals surface area contributed by atoms with E-state index >= 15 is 0 Å². The van der Waals surface area contributed by atoms with Crippen molar-refractivity contribution in [2.75, 3.05) is 6.61 Å². The molecule has 0 amide bonds. The number of nitrogens with zero attached hydrogens (tertiary/aromatic N) is 2. The van der Waals surface area contributed by atoms with E-state index in [0.717, 1.165) is 24.8 Å². The van der Waals surface area contributed by atoms with Crippen LogP contribution in [0.25, 0.3) is 11.4 Å². The lowest BCUT2D eigenvalue weighted by Crippen LogP contribution is -2.12. The normalized spacial score (nSPS) is 12.1. The second-order valence-corrected chi connectivity index (χ2v) is 8.21. The molecule has 2 aromatic rings. The lowest BCUT2D eigenvalue weighted by atomic mass is 10.1. The van der Waals surface area contributed by atoms with Gasteiger partial charge in [0.05, 0.1) is 0 Å². The number of unbranched alkanes of at least 4 members (excludes halogenated alkanes) is 8. The highest BCUT2D eigenvalue weighted by atomic mass is 19.1. The molecule has 1 heterocycles. The quantitative estimate of drug-likeness (QED) is 0.264. The van der Waals surface area contributed by atoms with Crippen molar-refractivity contribution < 1.29 is 9.13 Å². The monoisotopic (exact) mass is 414 g/mol. The van der Waals surface area contributed by atoms with Gasteiger partial charge in [0.25, 0.3) is 0 Å². The van der Waals surface area contributed by atoms with Crippen molar-refractivity contribution in [2.45, 2.75) is 97.1 Å². The number of ether oxygens (including phenoxy) is 1. The number of halogens is 1. The first-order chi connectivity index (χ1) is 14.7. The van der Waals surface area contributed by atoms with E-state index in [2.05, 4.69) is 23.8 Å². The minimum Gasteiger partial charge on any atom is -0.491 e. The van der Waals surface area contributed by atoms with Gasteiger partial charge in [0.1, 0.15) is 18.5 Å². The zero-order valence-electron chi connectivity index (χ0n) is 18.9. The molecule has 1 aromatic heterocycles. The van der Waals surface area contributed by atoms with Gasteiger partial charge in [0.15, 0.2) is 5.82 Å². The molecule has 3 nitrogen and oxygen atoms in total. The van der Waals surface area contributed by atoms with Gasteiger partial charge in [-0.2, -0.15) is 0 Å². The van der Waals surface area contributed by atoms with Gasteiger partial charge in [0, 0.05) is 18.0 Å².